The van der Waals surface area contributed by atoms with E-state index in [9.17, 15) is 30.7 Å². The maximum Gasteiger partial charge on any atom is 0.450 e. The molecule has 0 saturated carbocycles. The highest BCUT2D eigenvalue weighted by molar-refractivity contribution is 8.01. The van der Waals surface area contributed by atoms with E-state index in [2.05, 4.69) is 4.98 Å². The number of aromatic nitrogens is 2. The Labute approximate surface area is 142 Å². The van der Waals surface area contributed by atoms with Crippen molar-refractivity contribution in [2.24, 2.45) is 0 Å². The monoisotopic (exact) mass is 420 g/mol. The third-order valence-corrected chi connectivity index (χ3v) is 3.93. The fourth-order valence-corrected chi connectivity index (χ4v) is 3.13. The van der Waals surface area contributed by atoms with Gasteiger partial charge in [0.1, 0.15) is 5.52 Å². The molecule has 13 heteroatoms. The van der Waals surface area contributed by atoms with Gasteiger partial charge >= 0.3 is 16.3 Å². The third-order valence-electron chi connectivity index (χ3n) is 2.47. The number of fused-ring (bicyclic) bond motifs is 1. The van der Waals surface area contributed by atoms with Crippen LogP contribution in [0.5, 0.6) is 0 Å². The molecule has 1 aromatic carbocycles. The van der Waals surface area contributed by atoms with E-state index in [1.165, 1.54) is 0 Å². The number of nitrogens with zero attached hydrogens (tertiary/aromatic N) is 2. The number of rotatable bonds is 2. The van der Waals surface area contributed by atoms with Crippen LogP contribution in [0.4, 0.5) is 30.7 Å². The summed E-state index contributed by atoms with van der Waals surface area (Å²) in [6.45, 7) is 0. The van der Waals surface area contributed by atoms with E-state index in [1.807, 2.05) is 0 Å². The highest BCUT2D eigenvalue weighted by Crippen LogP contribution is 2.46. The van der Waals surface area contributed by atoms with Gasteiger partial charge in [-0.05, 0) is 12.1 Å². The smallest absolute Gasteiger partial charge is 0.255 e. The lowest BCUT2D eigenvalue weighted by atomic mass is 10.2. The summed E-state index contributed by atoms with van der Waals surface area (Å²) in [5.74, 6) is -1.83. The average Bonchev–Trinajstić information content (AvgIpc) is 2.65. The van der Waals surface area contributed by atoms with Gasteiger partial charge in [-0.2, -0.15) is 30.7 Å². The first-order valence-electron chi connectivity index (χ1n) is 5.33. The minimum atomic E-state index is -5.20. The molecule has 23 heavy (non-hydrogen) atoms. The third kappa shape index (κ3) is 3.92. The summed E-state index contributed by atoms with van der Waals surface area (Å²) in [7, 11) is 0. The fourth-order valence-electron chi connectivity index (χ4n) is 1.72. The molecule has 0 aliphatic rings. The van der Waals surface area contributed by atoms with Gasteiger partial charge < -0.3 is 0 Å². The lowest BCUT2D eigenvalue weighted by Crippen LogP contribution is -2.14. The molecule has 0 atom stereocenters. The number of alkyl halides is 9. The Kier molecular flexibility index (Phi) is 4.69. The van der Waals surface area contributed by atoms with Crippen LogP contribution in [0.15, 0.2) is 12.1 Å². The van der Waals surface area contributed by atoms with Crippen LogP contribution in [-0.2, 0) is 12.4 Å². The van der Waals surface area contributed by atoms with Crippen molar-refractivity contribution in [3.05, 3.63) is 28.5 Å². The maximum atomic E-state index is 13.3. The number of hydrogen-bond donors (Lipinski definition) is 0. The van der Waals surface area contributed by atoms with Gasteiger partial charge in [-0.25, -0.2) is 4.98 Å². The minimum absolute atomic E-state index is 0.00704. The Morgan fingerprint density at radius 3 is 1.96 bits per heavy atom. The number of imidazole rings is 1. The van der Waals surface area contributed by atoms with Gasteiger partial charge in [0, 0.05) is 11.9 Å². The van der Waals surface area contributed by atoms with E-state index < -0.39 is 55.7 Å². The van der Waals surface area contributed by atoms with E-state index in [0.717, 1.165) is 0 Å². The van der Waals surface area contributed by atoms with E-state index in [1.54, 1.807) is 0 Å². The molecule has 0 spiro atoms. The largest absolute Gasteiger partial charge is 0.450 e. The van der Waals surface area contributed by atoms with Crippen molar-refractivity contribution < 1.29 is 30.7 Å². The second-order valence-corrected chi connectivity index (χ2v) is 7.26. The summed E-state index contributed by atoms with van der Waals surface area (Å²) in [5.41, 5.74) is -3.36. The molecule has 0 radical (unpaired) electrons. The topological polar surface area (TPSA) is 17.8 Å². The lowest BCUT2D eigenvalue weighted by molar-refractivity contribution is -0.145. The van der Waals surface area contributed by atoms with Crippen molar-refractivity contribution in [3.8, 4) is 0 Å². The molecule has 2 aromatic rings. The van der Waals surface area contributed by atoms with Gasteiger partial charge in [-0.15, -0.1) is 0 Å². The number of halogens is 10. The summed E-state index contributed by atoms with van der Waals surface area (Å²) in [6, 6.07) is 1.19. The van der Waals surface area contributed by atoms with Gasteiger partial charge in [0.25, 0.3) is 0 Å². The second-order valence-electron chi connectivity index (χ2n) is 4.05. The first-order valence-corrected chi connectivity index (χ1v) is 7.24. The molecule has 0 saturated heterocycles. The highest BCUT2D eigenvalue weighted by atomic mass is 35.5. The van der Waals surface area contributed by atoms with Crippen molar-refractivity contribution in [2.45, 2.75) is 16.3 Å². The molecular formula is C10H2Cl3F7N2S. The van der Waals surface area contributed by atoms with Crippen LogP contribution >= 0.6 is 46.8 Å². The predicted octanol–water partition coefficient (Wildman–Crippen LogP) is 6.28. The Balaban J connectivity index is 2.90. The van der Waals surface area contributed by atoms with E-state index >= 15 is 0 Å². The van der Waals surface area contributed by atoms with Gasteiger partial charge in [-0.3, -0.25) is 3.97 Å². The molecule has 0 N–H and O–H groups in total. The second kappa shape index (κ2) is 5.75. The van der Waals surface area contributed by atoms with E-state index in [0.29, 0.717) is 12.1 Å². The van der Waals surface area contributed by atoms with Crippen LogP contribution in [-0.4, -0.2) is 12.9 Å². The normalized spacial score (nSPS) is 13.8. The van der Waals surface area contributed by atoms with Gasteiger partial charge in [-0.1, -0.05) is 34.8 Å². The molecule has 0 fully saturated rings. The Morgan fingerprint density at radius 1 is 0.957 bits per heavy atom. The molecule has 0 aliphatic heterocycles. The summed E-state index contributed by atoms with van der Waals surface area (Å²) in [4.78, 5) is 2.92. The molecule has 0 bridgehead atoms. The first-order chi connectivity index (χ1) is 10.2. The van der Waals surface area contributed by atoms with Crippen molar-refractivity contribution in [1.29, 1.82) is 0 Å². The average molecular weight is 422 g/mol. The van der Waals surface area contributed by atoms with E-state index in [4.69, 9.17) is 34.8 Å². The van der Waals surface area contributed by atoms with Crippen molar-refractivity contribution in [1.82, 2.24) is 8.96 Å². The molecule has 128 valence electrons. The standard InChI is InChI=1S/C10H2Cl3F7N2S/c11-4-2-1-3(8(14,15)16)5-6(4)22(23-10(12,13)20)7(21-5)9(17,18)19/h1-2H. The number of hydrogen-bond acceptors (Lipinski definition) is 2. The molecule has 1 aromatic heterocycles. The van der Waals surface area contributed by atoms with Crippen LogP contribution < -0.4 is 0 Å². The zero-order valence-corrected chi connectivity index (χ0v) is 13.3. The molecule has 0 unspecified atom stereocenters. The van der Waals surface area contributed by atoms with Crippen molar-refractivity contribution >= 4 is 57.8 Å². The minimum Gasteiger partial charge on any atom is -0.255 e. The van der Waals surface area contributed by atoms with Gasteiger partial charge in [0.2, 0.25) is 5.82 Å². The first kappa shape index (κ1) is 18.8. The van der Waals surface area contributed by atoms with Crippen LogP contribution in [0, 0.1) is 0 Å². The van der Waals surface area contributed by atoms with Crippen molar-refractivity contribution in [2.75, 3.05) is 0 Å². The van der Waals surface area contributed by atoms with Crippen LogP contribution in [0.1, 0.15) is 11.4 Å². The summed E-state index contributed by atoms with van der Waals surface area (Å²) < 4.78 is 87.8. The quantitative estimate of drug-likeness (QED) is 0.419. The Morgan fingerprint density at radius 2 is 1.52 bits per heavy atom. The molecule has 0 amide bonds. The SMILES string of the molecule is FC(Cl)(Cl)Sn1c(C(F)(F)F)nc2c(C(F)(F)F)ccc(Cl)c21. The van der Waals surface area contributed by atoms with Gasteiger partial charge in [0.15, 0.2) is 0 Å². The molecule has 1 heterocycles. The molecule has 0 aliphatic carbocycles. The zero-order valence-electron chi connectivity index (χ0n) is 10.2. The van der Waals surface area contributed by atoms with Crippen LogP contribution in [0.25, 0.3) is 11.0 Å². The number of benzene rings is 1. The summed E-state index contributed by atoms with van der Waals surface area (Å²) >= 11 is 15.2. The predicted molar refractivity (Wildman–Crippen MR) is 73.3 cm³/mol. The van der Waals surface area contributed by atoms with Gasteiger partial charge in [0.05, 0.1) is 16.1 Å². The Hall–Kier alpha value is -0.580. The highest BCUT2D eigenvalue weighted by Gasteiger charge is 2.43. The van der Waals surface area contributed by atoms with Crippen LogP contribution in [0.3, 0.4) is 0 Å². The lowest BCUT2D eigenvalue weighted by Gasteiger charge is -2.14. The van der Waals surface area contributed by atoms with Crippen LogP contribution in [0.2, 0.25) is 5.02 Å². The van der Waals surface area contributed by atoms with Crippen molar-refractivity contribution in [3.63, 3.8) is 0 Å². The van der Waals surface area contributed by atoms with E-state index in [-0.39, 0.29) is 3.97 Å². The molecule has 2 rings (SSSR count). The summed E-state index contributed by atoms with van der Waals surface area (Å²) in [5, 5.41) is -0.513. The Bertz CT molecular complexity index is 748. The molecule has 2 nitrogen and oxygen atoms in total. The fraction of sp³-hybridized carbons (Fsp3) is 0.300. The molecular weight excluding hydrogens is 420 g/mol. The zero-order chi connectivity index (χ0) is 17.8. The maximum absolute atomic E-state index is 13.3. The summed E-state index contributed by atoms with van der Waals surface area (Å²) in [6.07, 6.45) is -10.2.